The molecule has 1 unspecified atom stereocenters. The normalized spacial score (nSPS) is 18.7. The van der Waals surface area contributed by atoms with Crippen molar-refractivity contribution in [3.05, 3.63) is 59.2 Å². The SMILES string of the molecule is CC1(C)Cc2ccc(-c3ccccc3C(F)(F)F)cc2C1NC(=O)O. The Morgan fingerprint density at radius 2 is 1.88 bits per heavy atom. The Labute approximate surface area is 143 Å². The summed E-state index contributed by atoms with van der Waals surface area (Å²) < 4.78 is 39.9. The molecule has 3 rings (SSSR count). The average Bonchev–Trinajstić information content (AvgIpc) is 2.76. The number of hydrogen-bond donors (Lipinski definition) is 2. The molecule has 1 atom stereocenters. The fourth-order valence-corrected chi connectivity index (χ4v) is 3.58. The molecular weight excluding hydrogens is 331 g/mol. The van der Waals surface area contributed by atoms with Crippen molar-refractivity contribution >= 4 is 6.09 Å². The molecule has 1 aliphatic rings. The van der Waals surface area contributed by atoms with Gasteiger partial charge < -0.3 is 10.4 Å². The zero-order valence-corrected chi connectivity index (χ0v) is 13.8. The standard InChI is InChI=1S/C19H18F3NO2/c1-18(2)10-12-8-7-11(9-14(12)16(18)23-17(24)25)13-5-3-4-6-15(13)19(20,21)22/h3-9,16,23H,10H2,1-2H3,(H,24,25). The Morgan fingerprint density at radius 1 is 1.20 bits per heavy atom. The van der Waals surface area contributed by atoms with Crippen LogP contribution in [0.5, 0.6) is 0 Å². The fourth-order valence-electron chi connectivity index (χ4n) is 3.58. The van der Waals surface area contributed by atoms with Crippen LogP contribution in [0.3, 0.4) is 0 Å². The lowest BCUT2D eigenvalue weighted by Crippen LogP contribution is -2.34. The summed E-state index contributed by atoms with van der Waals surface area (Å²) in [6.07, 6.45) is -4.94. The van der Waals surface area contributed by atoms with Gasteiger partial charge in [-0.05, 0) is 46.2 Å². The van der Waals surface area contributed by atoms with Gasteiger partial charge in [-0.25, -0.2) is 4.79 Å². The summed E-state index contributed by atoms with van der Waals surface area (Å²) in [5.74, 6) is 0. The number of carbonyl (C=O) groups is 1. The Bertz CT molecular complexity index is 828. The number of nitrogens with one attached hydrogen (secondary N) is 1. The molecular formula is C19H18F3NO2. The average molecular weight is 349 g/mol. The Hall–Kier alpha value is -2.50. The van der Waals surface area contributed by atoms with Crippen LogP contribution in [0.4, 0.5) is 18.0 Å². The van der Waals surface area contributed by atoms with Gasteiger partial charge in [0.05, 0.1) is 11.6 Å². The molecule has 0 aliphatic heterocycles. The van der Waals surface area contributed by atoms with E-state index in [1.807, 2.05) is 13.8 Å². The number of amides is 1. The van der Waals surface area contributed by atoms with Crippen LogP contribution in [0.2, 0.25) is 0 Å². The first-order chi connectivity index (χ1) is 11.6. The quantitative estimate of drug-likeness (QED) is 0.777. The third kappa shape index (κ3) is 3.21. The number of hydrogen-bond acceptors (Lipinski definition) is 1. The molecule has 0 aromatic heterocycles. The third-order valence-electron chi connectivity index (χ3n) is 4.70. The maximum atomic E-state index is 13.3. The first-order valence-electron chi connectivity index (χ1n) is 7.88. The van der Waals surface area contributed by atoms with Gasteiger partial charge in [-0.2, -0.15) is 13.2 Å². The predicted molar refractivity (Wildman–Crippen MR) is 88.3 cm³/mol. The molecule has 2 aromatic rings. The Morgan fingerprint density at radius 3 is 2.52 bits per heavy atom. The van der Waals surface area contributed by atoms with Crippen molar-refractivity contribution in [1.29, 1.82) is 0 Å². The maximum Gasteiger partial charge on any atom is 0.417 e. The van der Waals surface area contributed by atoms with Crippen LogP contribution in [-0.2, 0) is 12.6 Å². The number of alkyl halides is 3. The third-order valence-corrected chi connectivity index (χ3v) is 4.70. The van der Waals surface area contributed by atoms with Crippen molar-refractivity contribution in [3.8, 4) is 11.1 Å². The van der Waals surface area contributed by atoms with E-state index in [-0.39, 0.29) is 11.0 Å². The van der Waals surface area contributed by atoms with Gasteiger partial charge in [0.25, 0.3) is 0 Å². The van der Waals surface area contributed by atoms with Crippen molar-refractivity contribution in [3.63, 3.8) is 0 Å². The lowest BCUT2D eigenvalue weighted by molar-refractivity contribution is -0.137. The summed E-state index contributed by atoms with van der Waals surface area (Å²) in [7, 11) is 0. The van der Waals surface area contributed by atoms with Crippen molar-refractivity contribution in [2.24, 2.45) is 5.41 Å². The van der Waals surface area contributed by atoms with Gasteiger partial charge in [-0.1, -0.05) is 44.2 Å². The van der Waals surface area contributed by atoms with Gasteiger partial charge in [0.15, 0.2) is 0 Å². The highest BCUT2D eigenvalue weighted by Gasteiger charge is 2.40. The smallest absolute Gasteiger partial charge is 0.417 e. The van der Waals surface area contributed by atoms with Crippen molar-refractivity contribution in [2.45, 2.75) is 32.5 Å². The number of fused-ring (bicyclic) bond motifs is 1. The van der Waals surface area contributed by atoms with Gasteiger partial charge in [0, 0.05) is 0 Å². The zero-order chi connectivity index (χ0) is 18.4. The van der Waals surface area contributed by atoms with E-state index < -0.39 is 23.9 Å². The van der Waals surface area contributed by atoms with Gasteiger partial charge >= 0.3 is 12.3 Å². The molecule has 6 heteroatoms. The second kappa shape index (κ2) is 5.79. The number of rotatable bonds is 2. The first kappa shape index (κ1) is 17.3. The van der Waals surface area contributed by atoms with Crippen LogP contribution in [0.1, 0.15) is 36.6 Å². The molecule has 1 aliphatic carbocycles. The minimum atomic E-state index is -4.45. The molecule has 0 radical (unpaired) electrons. The highest BCUT2D eigenvalue weighted by molar-refractivity contribution is 5.71. The van der Waals surface area contributed by atoms with Crippen LogP contribution in [-0.4, -0.2) is 11.2 Å². The monoisotopic (exact) mass is 349 g/mol. The summed E-state index contributed by atoms with van der Waals surface area (Å²) >= 11 is 0. The molecule has 0 spiro atoms. The molecule has 0 heterocycles. The molecule has 25 heavy (non-hydrogen) atoms. The highest BCUT2D eigenvalue weighted by Crippen LogP contribution is 2.47. The molecule has 2 N–H and O–H groups in total. The molecule has 0 saturated carbocycles. The van der Waals surface area contributed by atoms with Crippen LogP contribution >= 0.6 is 0 Å². The molecule has 0 saturated heterocycles. The summed E-state index contributed by atoms with van der Waals surface area (Å²) in [6.45, 7) is 3.88. The molecule has 132 valence electrons. The van der Waals surface area contributed by atoms with Gasteiger partial charge in [-0.3, -0.25) is 0 Å². The van der Waals surface area contributed by atoms with Crippen molar-refractivity contribution in [2.75, 3.05) is 0 Å². The predicted octanol–water partition coefficient (Wildman–Crippen LogP) is 5.26. The van der Waals surface area contributed by atoms with Gasteiger partial charge in [0.1, 0.15) is 0 Å². The molecule has 1 amide bonds. The van der Waals surface area contributed by atoms with Crippen LogP contribution in [0.15, 0.2) is 42.5 Å². The lowest BCUT2D eigenvalue weighted by Gasteiger charge is -2.27. The highest BCUT2D eigenvalue weighted by atomic mass is 19.4. The Kier molecular flexibility index (Phi) is 4.01. The van der Waals surface area contributed by atoms with E-state index in [2.05, 4.69) is 5.32 Å². The molecule has 0 bridgehead atoms. The van der Waals surface area contributed by atoms with Crippen molar-refractivity contribution in [1.82, 2.24) is 5.32 Å². The van der Waals surface area contributed by atoms with Crippen LogP contribution in [0.25, 0.3) is 11.1 Å². The molecule has 0 fully saturated rings. The van der Waals surface area contributed by atoms with E-state index in [4.69, 9.17) is 5.11 Å². The van der Waals surface area contributed by atoms with Crippen LogP contribution in [0, 0.1) is 5.41 Å². The lowest BCUT2D eigenvalue weighted by atomic mass is 9.85. The second-order valence-corrected chi connectivity index (χ2v) is 7.00. The summed E-state index contributed by atoms with van der Waals surface area (Å²) in [5, 5.41) is 11.6. The van der Waals surface area contributed by atoms with E-state index in [1.54, 1.807) is 24.3 Å². The Balaban J connectivity index is 2.11. The second-order valence-electron chi connectivity index (χ2n) is 7.00. The van der Waals surface area contributed by atoms with E-state index in [1.165, 1.54) is 12.1 Å². The van der Waals surface area contributed by atoms with Crippen LogP contribution < -0.4 is 5.32 Å². The minimum absolute atomic E-state index is 0.0941. The first-order valence-corrected chi connectivity index (χ1v) is 7.88. The topological polar surface area (TPSA) is 49.3 Å². The largest absolute Gasteiger partial charge is 0.465 e. The van der Waals surface area contributed by atoms with Gasteiger partial charge in [-0.15, -0.1) is 0 Å². The molecule has 2 aromatic carbocycles. The number of halogens is 3. The zero-order valence-electron chi connectivity index (χ0n) is 13.8. The van der Waals surface area contributed by atoms with E-state index in [0.29, 0.717) is 12.0 Å². The maximum absolute atomic E-state index is 13.3. The van der Waals surface area contributed by atoms with Gasteiger partial charge in [0.2, 0.25) is 0 Å². The van der Waals surface area contributed by atoms with E-state index >= 15 is 0 Å². The summed E-state index contributed by atoms with van der Waals surface area (Å²) in [5.41, 5.74) is 1.18. The summed E-state index contributed by atoms with van der Waals surface area (Å²) in [4.78, 5) is 11.1. The minimum Gasteiger partial charge on any atom is -0.465 e. The number of benzene rings is 2. The van der Waals surface area contributed by atoms with Crippen molar-refractivity contribution < 1.29 is 23.1 Å². The van der Waals surface area contributed by atoms with E-state index in [0.717, 1.165) is 17.2 Å². The summed E-state index contributed by atoms with van der Waals surface area (Å²) in [6, 6.07) is 10.1. The van der Waals surface area contributed by atoms with E-state index in [9.17, 15) is 18.0 Å². The fraction of sp³-hybridized carbons (Fsp3) is 0.316. The number of carboxylic acid groups (broad SMARTS) is 1. The molecule has 3 nitrogen and oxygen atoms in total.